The van der Waals surface area contributed by atoms with Crippen LogP contribution < -0.4 is 16.4 Å². The molecule has 8 nitrogen and oxygen atoms in total. The second-order valence-corrected chi connectivity index (χ2v) is 7.13. The molecule has 0 aliphatic heterocycles. The Morgan fingerprint density at radius 3 is 2.21 bits per heavy atom. The summed E-state index contributed by atoms with van der Waals surface area (Å²) in [6.07, 6.45) is 2.59. The Hall–Kier alpha value is -2.58. The molecule has 1 rings (SSSR count). The molecule has 0 bridgehead atoms. The van der Waals surface area contributed by atoms with E-state index in [0.717, 1.165) is 5.56 Å². The molecule has 29 heavy (non-hydrogen) atoms. The third-order valence-electron chi connectivity index (χ3n) is 4.38. The van der Waals surface area contributed by atoms with Crippen LogP contribution in [-0.2, 0) is 25.6 Å². The summed E-state index contributed by atoms with van der Waals surface area (Å²) in [6.45, 7) is 2.61. The number of rotatable bonds is 13. The van der Waals surface area contributed by atoms with Crippen LogP contribution in [-0.4, -0.2) is 47.2 Å². The van der Waals surface area contributed by atoms with Crippen molar-refractivity contribution in [2.24, 2.45) is 5.73 Å². The lowest BCUT2D eigenvalue weighted by Gasteiger charge is -2.20. The summed E-state index contributed by atoms with van der Waals surface area (Å²) in [4.78, 5) is 46.4. The van der Waals surface area contributed by atoms with Crippen molar-refractivity contribution in [1.82, 2.24) is 5.32 Å². The van der Waals surface area contributed by atoms with Gasteiger partial charge in [0.1, 0.15) is 5.78 Å². The van der Waals surface area contributed by atoms with Gasteiger partial charge in [-0.2, -0.15) is 0 Å². The number of hydrogen-bond donors (Lipinski definition) is 4. The Labute approximate surface area is 171 Å². The largest absolute Gasteiger partial charge is 0.396 e. The van der Waals surface area contributed by atoms with E-state index < -0.39 is 12.1 Å². The zero-order chi connectivity index (χ0) is 21.8. The smallest absolute Gasteiger partial charge is 0.224 e. The highest BCUT2D eigenvalue weighted by Crippen LogP contribution is 2.13. The number of anilines is 1. The van der Waals surface area contributed by atoms with E-state index in [0.29, 0.717) is 31.4 Å². The van der Waals surface area contributed by atoms with Crippen molar-refractivity contribution in [3.63, 3.8) is 0 Å². The lowest BCUT2D eigenvalue weighted by molar-refractivity contribution is -0.127. The zero-order valence-electron chi connectivity index (χ0n) is 17.1. The minimum absolute atomic E-state index is 0.115. The highest BCUT2D eigenvalue weighted by Gasteiger charge is 2.24. The summed E-state index contributed by atoms with van der Waals surface area (Å²) in [7, 11) is 0. The summed E-state index contributed by atoms with van der Waals surface area (Å²) in [5.74, 6) is -0.685. The summed E-state index contributed by atoms with van der Waals surface area (Å²) in [6, 6.07) is 5.39. The molecule has 160 valence electrons. The predicted octanol–water partition coefficient (Wildman–Crippen LogP) is 1.10. The number of carbonyl (C=O) groups excluding carboxylic acids is 4. The topological polar surface area (TPSA) is 139 Å². The maximum atomic E-state index is 12.4. The van der Waals surface area contributed by atoms with Crippen molar-refractivity contribution in [2.75, 3.05) is 11.9 Å². The molecule has 0 saturated carbocycles. The van der Waals surface area contributed by atoms with Gasteiger partial charge in [0.15, 0.2) is 5.78 Å². The Morgan fingerprint density at radius 2 is 1.66 bits per heavy atom. The average Bonchev–Trinajstić information content (AvgIpc) is 2.65. The fraction of sp³-hybridized carbons (Fsp3) is 0.524. The first-order valence-electron chi connectivity index (χ1n) is 9.78. The first-order chi connectivity index (χ1) is 13.7. The molecule has 0 saturated heterocycles. The van der Waals surface area contributed by atoms with E-state index in [1.165, 1.54) is 13.8 Å². The van der Waals surface area contributed by atoms with E-state index in [-0.39, 0.29) is 42.8 Å². The van der Waals surface area contributed by atoms with Crippen molar-refractivity contribution in [2.45, 2.75) is 64.5 Å². The van der Waals surface area contributed by atoms with Gasteiger partial charge in [0.05, 0.1) is 12.1 Å². The van der Waals surface area contributed by atoms with Gasteiger partial charge >= 0.3 is 0 Å². The lowest BCUT2D eigenvalue weighted by atomic mass is 9.97. The monoisotopic (exact) mass is 405 g/mol. The van der Waals surface area contributed by atoms with E-state index in [1.54, 1.807) is 24.3 Å². The van der Waals surface area contributed by atoms with Crippen LogP contribution in [0.4, 0.5) is 5.69 Å². The van der Waals surface area contributed by atoms with E-state index in [4.69, 9.17) is 10.8 Å². The molecule has 8 heteroatoms. The van der Waals surface area contributed by atoms with E-state index in [9.17, 15) is 19.2 Å². The number of amides is 2. The summed E-state index contributed by atoms with van der Waals surface area (Å²) < 4.78 is 0. The third-order valence-corrected chi connectivity index (χ3v) is 4.38. The maximum absolute atomic E-state index is 12.4. The standard InChI is InChI=1S/C21H31N3O5/c1-14(26)5-3-4-6-20(28)24-17-9-7-16(8-10-17)13-18(22)21(29)19(11-12-25)23-15(2)27/h7-10,18-19,25H,3-6,11-13,22H2,1-2H3,(H,23,27)(H,24,28)/t18-,19?/m0/s1. The number of unbranched alkanes of at least 4 members (excludes halogenated alkanes) is 1. The van der Waals surface area contributed by atoms with Crippen LogP contribution in [0.3, 0.4) is 0 Å². The van der Waals surface area contributed by atoms with Gasteiger partial charge in [-0.3, -0.25) is 14.4 Å². The van der Waals surface area contributed by atoms with Crippen molar-refractivity contribution in [3.05, 3.63) is 29.8 Å². The molecular weight excluding hydrogens is 374 g/mol. The van der Waals surface area contributed by atoms with Crippen LogP contribution in [0.5, 0.6) is 0 Å². The second kappa shape index (κ2) is 12.8. The van der Waals surface area contributed by atoms with Gasteiger partial charge in [0, 0.05) is 32.1 Å². The third kappa shape index (κ3) is 9.96. The molecule has 2 amide bonds. The first-order valence-corrected chi connectivity index (χ1v) is 9.78. The second-order valence-electron chi connectivity index (χ2n) is 7.13. The normalized spacial score (nSPS) is 12.7. The number of ketones is 2. The summed E-state index contributed by atoms with van der Waals surface area (Å²) in [5.41, 5.74) is 7.44. The van der Waals surface area contributed by atoms with Crippen LogP contribution >= 0.6 is 0 Å². The number of aliphatic hydroxyl groups excluding tert-OH is 1. The minimum atomic E-state index is -0.819. The average molecular weight is 405 g/mol. The molecule has 0 heterocycles. The van der Waals surface area contributed by atoms with Crippen molar-refractivity contribution in [3.8, 4) is 0 Å². The van der Waals surface area contributed by atoms with Crippen molar-refractivity contribution in [1.29, 1.82) is 0 Å². The molecule has 0 aliphatic rings. The van der Waals surface area contributed by atoms with Crippen molar-refractivity contribution < 1.29 is 24.3 Å². The molecule has 1 unspecified atom stereocenters. The molecule has 0 radical (unpaired) electrons. The quantitative estimate of drug-likeness (QED) is 0.363. The molecule has 1 aromatic rings. The number of aliphatic hydroxyl groups is 1. The number of benzene rings is 1. The van der Waals surface area contributed by atoms with E-state index in [2.05, 4.69) is 10.6 Å². The minimum Gasteiger partial charge on any atom is -0.396 e. The molecule has 0 fully saturated rings. The summed E-state index contributed by atoms with van der Waals surface area (Å²) >= 11 is 0. The molecular formula is C21H31N3O5. The van der Waals surface area contributed by atoms with Gasteiger partial charge in [-0.05, 0) is 50.3 Å². The molecule has 0 aromatic heterocycles. The van der Waals surface area contributed by atoms with Crippen LogP contribution in [0, 0.1) is 0 Å². The number of carbonyl (C=O) groups is 4. The SMILES string of the molecule is CC(=O)CCCCC(=O)Nc1ccc(C[C@H](N)C(=O)C(CCO)NC(C)=O)cc1. The summed E-state index contributed by atoms with van der Waals surface area (Å²) in [5, 5.41) is 14.4. The Bertz CT molecular complexity index is 703. The van der Waals surface area contributed by atoms with Crippen LogP contribution in [0.2, 0.25) is 0 Å². The number of hydrogen-bond acceptors (Lipinski definition) is 6. The zero-order valence-corrected chi connectivity index (χ0v) is 17.1. The first kappa shape index (κ1) is 24.5. The van der Waals surface area contributed by atoms with Crippen LogP contribution in [0.15, 0.2) is 24.3 Å². The van der Waals surface area contributed by atoms with Gasteiger partial charge in [0.25, 0.3) is 0 Å². The Kier molecular flexibility index (Phi) is 10.8. The maximum Gasteiger partial charge on any atom is 0.224 e. The predicted molar refractivity (Wildman–Crippen MR) is 110 cm³/mol. The van der Waals surface area contributed by atoms with Gasteiger partial charge in [-0.25, -0.2) is 0 Å². The van der Waals surface area contributed by atoms with Crippen LogP contribution in [0.1, 0.15) is 51.5 Å². The fourth-order valence-electron chi connectivity index (χ4n) is 2.88. The Morgan fingerprint density at radius 1 is 1.03 bits per heavy atom. The molecule has 0 aliphatic carbocycles. The Balaban J connectivity index is 2.53. The lowest BCUT2D eigenvalue weighted by Crippen LogP contribution is -2.48. The number of Topliss-reactive ketones (excluding diaryl/α,β-unsaturated/α-hetero) is 2. The molecule has 1 aromatic carbocycles. The molecule has 5 N–H and O–H groups in total. The highest BCUT2D eigenvalue weighted by atomic mass is 16.3. The highest BCUT2D eigenvalue weighted by molar-refractivity contribution is 5.92. The van der Waals surface area contributed by atoms with Crippen LogP contribution in [0.25, 0.3) is 0 Å². The van der Waals surface area contributed by atoms with Gasteiger partial charge in [-0.15, -0.1) is 0 Å². The van der Waals surface area contributed by atoms with E-state index in [1.807, 2.05) is 0 Å². The molecule has 0 spiro atoms. The van der Waals surface area contributed by atoms with Gasteiger partial charge in [0.2, 0.25) is 11.8 Å². The molecule has 2 atom stereocenters. The van der Waals surface area contributed by atoms with Gasteiger partial charge in [-0.1, -0.05) is 12.1 Å². The fourth-order valence-corrected chi connectivity index (χ4v) is 2.88. The van der Waals surface area contributed by atoms with Crippen molar-refractivity contribution >= 4 is 29.1 Å². The number of nitrogens with two attached hydrogens (primary N) is 1. The van der Waals surface area contributed by atoms with E-state index >= 15 is 0 Å². The number of nitrogens with one attached hydrogen (secondary N) is 2. The van der Waals surface area contributed by atoms with Gasteiger partial charge < -0.3 is 26.3 Å².